The molecule has 0 aliphatic carbocycles. The van der Waals surface area contributed by atoms with Crippen molar-refractivity contribution >= 4 is 17.6 Å². The molecule has 1 amide bonds. The molecule has 0 spiro atoms. The maximum atomic E-state index is 12.4. The number of nitrogens with one attached hydrogen (secondary N) is 1. The van der Waals surface area contributed by atoms with Crippen LogP contribution in [0.4, 0.5) is 5.69 Å². The highest BCUT2D eigenvalue weighted by Crippen LogP contribution is 2.38. The normalized spacial score (nSPS) is 14.5. The molecule has 2 aliphatic rings. The molecule has 0 fully saturated rings. The lowest BCUT2D eigenvalue weighted by Crippen LogP contribution is -2.31. The van der Waals surface area contributed by atoms with E-state index >= 15 is 0 Å². The standard InChI is InChI=1S/C20H18N2O9/c1-11(12-2-3-15-16(6-12)28-5-4-27-15)21-19(23)9-29-20(24)13-7-17-18(31-10-30-17)8-14(13)22(25)26/h2-3,6-8,11H,4-5,9-10H2,1H3,(H,21,23). The van der Waals surface area contributed by atoms with Crippen molar-refractivity contribution in [1.29, 1.82) is 0 Å². The first-order valence-electron chi connectivity index (χ1n) is 9.36. The van der Waals surface area contributed by atoms with Crippen LogP contribution in [0.3, 0.4) is 0 Å². The zero-order valence-corrected chi connectivity index (χ0v) is 16.4. The number of nitro benzene ring substituents is 1. The number of hydrogen-bond acceptors (Lipinski definition) is 9. The number of amides is 1. The summed E-state index contributed by atoms with van der Waals surface area (Å²) >= 11 is 0. The van der Waals surface area contributed by atoms with Crippen LogP contribution in [-0.2, 0) is 9.53 Å². The molecule has 2 aromatic rings. The Morgan fingerprint density at radius 1 is 1.06 bits per heavy atom. The van der Waals surface area contributed by atoms with Gasteiger partial charge < -0.3 is 29.0 Å². The predicted octanol–water partition coefficient (Wildman–Crippen LogP) is 2.13. The minimum atomic E-state index is -1.02. The monoisotopic (exact) mass is 430 g/mol. The van der Waals surface area contributed by atoms with E-state index in [9.17, 15) is 19.7 Å². The van der Waals surface area contributed by atoms with E-state index in [1.165, 1.54) is 6.07 Å². The number of carbonyl (C=O) groups excluding carboxylic acids is 2. The highest BCUT2D eigenvalue weighted by Gasteiger charge is 2.28. The van der Waals surface area contributed by atoms with E-state index in [4.69, 9.17) is 23.7 Å². The number of carbonyl (C=O) groups is 2. The fraction of sp³-hybridized carbons (Fsp3) is 0.300. The van der Waals surface area contributed by atoms with Gasteiger partial charge in [0.15, 0.2) is 29.6 Å². The molecular weight excluding hydrogens is 412 g/mol. The van der Waals surface area contributed by atoms with Gasteiger partial charge in [0.2, 0.25) is 6.79 Å². The van der Waals surface area contributed by atoms with Crippen molar-refractivity contribution in [1.82, 2.24) is 5.32 Å². The third kappa shape index (κ3) is 4.29. The molecule has 162 valence electrons. The fourth-order valence-corrected chi connectivity index (χ4v) is 3.15. The first-order chi connectivity index (χ1) is 14.9. The summed E-state index contributed by atoms with van der Waals surface area (Å²) in [5.74, 6) is -0.0195. The molecule has 11 nitrogen and oxygen atoms in total. The van der Waals surface area contributed by atoms with Crippen LogP contribution in [-0.4, -0.2) is 43.4 Å². The molecule has 2 aromatic carbocycles. The van der Waals surface area contributed by atoms with E-state index < -0.39 is 35.1 Å². The Hall–Kier alpha value is -4.02. The molecule has 4 rings (SSSR count). The number of rotatable bonds is 6. The zero-order valence-electron chi connectivity index (χ0n) is 16.4. The summed E-state index contributed by atoms with van der Waals surface area (Å²) in [6, 6.07) is 7.16. The minimum absolute atomic E-state index is 0.106. The maximum Gasteiger partial charge on any atom is 0.345 e. The number of fused-ring (bicyclic) bond motifs is 2. The number of esters is 1. The van der Waals surface area contributed by atoms with Gasteiger partial charge in [-0.2, -0.15) is 0 Å². The van der Waals surface area contributed by atoms with Gasteiger partial charge in [0.05, 0.1) is 17.0 Å². The van der Waals surface area contributed by atoms with Crippen molar-refractivity contribution in [3.8, 4) is 23.0 Å². The van der Waals surface area contributed by atoms with Crippen LogP contribution in [0.25, 0.3) is 0 Å². The van der Waals surface area contributed by atoms with Gasteiger partial charge in [-0.25, -0.2) is 4.79 Å². The molecule has 0 aromatic heterocycles. The van der Waals surface area contributed by atoms with E-state index in [2.05, 4.69) is 5.32 Å². The summed E-state index contributed by atoms with van der Waals surface area (Å²) in [6.45, 7) is 1.96. The van der Waals surface area contributed by atoms with Crippen LogP contribution in [0.2, 0.25) is 0 Å². The molecule has 0 radical (unpaired) electrons. The van der Waals surface area contributed by atoms with Gasteiger partial charge in [0.25, 0.3) is 11.6 Å². The minimum Gasteiger partial charge on any atom is -0.486 e. The molecule has 1 N–H and O–H groups in total. The Bertz CT molecular complexity index is 1050. The van der Waals surface area contributed by atoms with Gasteiger partial charge in [-0.1, -0.05) is 6.07 Å². The van der Waals surface area contributed by atoms with Crippen LogP contribution in [0.15, 0.2) is 30.3 Å². The van der Waals surface area contributed by atoms with Gasteiger partial charge >= 0.3 is 5.97 Å². The van der Waals surface area contributed by atoms with Crippen LogP contribution in [0.5, 0.6) is 23.0 Å². The highest BCUT2D eigenvalue weighted by atomic mass is 16.7. The Balaban J connectivity index is 1.38. The third-order valence-electron chi connectivity index (χ3n) is 4.69. The predicted molar refractivity (Wildman–Crippen MR) is 103 cm³/mol. The molecule has 0 bridgehead atoms. The molecule has 11 heteroatoms. The summed E-state index contributed by atoms with van der Waals surface area (Å²) in [5.41, 5.74) is -0.0587. The van der Waals surface area contributed by atoms with E-state index in [1.807, 2.05) is 0 Å². The van der Waals surface area contributed by atoms with Crippen LogP contribution < -0.4 is 24.3 Å². The SMILES string of the molecule is CC(NC(=O)COC(=O)c1cc2c(cc1[N+](=O)[O-])OCO2)c1ccc2c(c1)OCCO2. The van der Waals surface area contributed by atoms with Gasteiger partial charge in [-0.15, -0.1) is 0 Å². The zero-order chi connectivity index (χ0) is 22.0. The molecule has 0 saturated carbocycles. The lowest BCUT2D eigenvalue weighted by atomic mass is 10.1. The first kappa shape index (κ1) is 20.3. The number of nitrogens with zero attached hydrogens (tertiary/aromatic N) is 1. The largest absolute Gasteiger partial charge is 0.486 e. The van der Waals surface area contributed by atoms with Crippen LogP contribution >= 0.6 is 0 Å². The van der Waals surface area contributed by atoms with Crippen molar-refractivity contribution < 1.29 is 38.2 Å². The molecule has 1 atom stereocenters. The van der Waals surface area contributed by atoms with Crippen LogP contribution in [0.1, 0.15) is 28.9 Å². The number of ether oxygens (including phenoxy) is 5. The smallest absolute Gasteiger partial charge is 0.345 e. The second kappa shape index (κ2) is 8.38. The van der Waals surface area contributed by atoms with E-state index in [0.29, 0.717) is 24.7 Å². The third-order valence-corrected chi connectivity index (χ3v) is 4.69. The van der Waals surface area contributed by atoms with Gasteiger partial charge in [-0.05, 0) is 24.6 Å². The Labute approximate surface area is 175 Å². The van der Waals surface area contributed by atoms with Crippen molar-refractivity contribution in [3.05, 3.63) is 51.6 Å². The maximum absolute atomic E-state index is 12.4. The van der Waals surface area contributed by atoms with Gasteiger partial charge in [0, 0.05) is 6.07 Å². The second-order valence-electron chi connectivity index (χ2n) is 6.75. The van der Waals surface area contributed by atoms with Crippen molar-refractivity contribution in [2.45, 2.75) is 13.0 Å². The van der Waals surface area contributed by atoms with E-state index in [-0.39, 0.29) is 23.9 Å². The molecular formula is C20H18N2O9. The number of nitro groups is 1. The lowest BCUT2D eigenvalue weighted by Gasteiger charge is -2.21. The van der Waals surface area contributed by atoms with Crippen molar-refractivity contribution in [3.63, 3.8) is 0 Å². The molecule has 2 aliphatic heterocycles. The number of hydrogen-bond donors (Lipinski definition) is 1. The van der Waals surface area contributed by atoms with E-state index in [1.54, 1.807) is 25.1 Å². The summed E-state index contributed by atoms with van der Waals surface area (Å²) in [5, 5.41) is 14.0. The van der Waals surface area contributed by atoms with E-state index in [0.717, 1.165) is 11.6 Å². The summed E-state index contributed by atoms with van der Waals surface area (Å²) in [7, 11) is 0. The number of benzene rings is 2. The molecule has 0 saturated heterocycles. The Kier molecular flexibility index (Phi) is 5.48. The first-order valence-corrected chi connectivity index (χ1v) is 9.36. The summed E-state index contributed by atoms with van der Waals surface area (Å²) in [6.07, 6.45) is 0. The van der Waals surface area contributed by atoms with Crippen molar-refractivity contribution in [2.24, 2.45) is 0 Å². The Morgan fingerprint density at radius 3 is 2.48 bits per heavy atom. The molecule has 1 unspecified atom stereocenters. The lowest BCUT2D eigenvalue weighted by molar-refractivity contribution is -0.385. The second-order valence-corrected chi connectivity index (χ2v) is 6.75. The highest BCUT2D eigenvalue weighted by molar-refractivity contribution is 5.96. The fourth-order valence-electron chi connectivity index (χ4n) is 3.15. The topological polar surface area (TPSA) is 135 Å². The summed E-state index contributed by atoms with van der Waals surface area (Å²) in [4.78, 5) is 35.1. The summed E-state index contributed by atoms with van der Waals surface area (Å²) < 4.78 is 26.2. The molecule has 2 heterocycles. The Morgan fingerprint density at radius 2 is 1.74 bits per heavy atom. The van der Waals surface area contributed by atoms with Crippen LogP contribution in [0, 0.1) is 10.1 Å². The van der Waals surface area contributed by atoms with Gasteiger partial charge in [0.1, 0.15) is 18.8 Å². The molecule has 31 heavy (non-hydrogen) atoms. The van der Waals surface area contributed by atoms with Gasteiger partial charge in [-0.3, -0.25) is 14.9 Å². The average Bonchev–Trinajstić information content (AvgIpc) is 3.23. The average molecular weight is 430 g/mol. The van der Waals surface area contributed by atoms with Crippen molar-refractivity contribution in [2.75, 3.05) is 26.6 Å². The quantitative estimate of drug-likeness (QED) is 0.415.